The van der Waals surface area contributed by atoms with Gasteiger partial charge in [0.2, 0.25) is 0 Å². The number of pyridine rings is 1. The highest BCUT2D eigenvalue weighted by Crippen LogP contribution is 2.40. The van der Waals surface area contributed by atoms with E-state index in [1.54, 1.807) is 0 Å². The van der Waals surface area contributed by atoms with E-state index < -0.39 is 24.0 Å². The average Bonchev–Trinajstić information content (AvgIpc) is 2.44. The molecule has 1 N–H and O–H groups in total. The van der Waals surface area contributed by atoms with Crippen molar-refractivity contribution in [3.63, 3.8) is 0 Å². The highest BCUT2D eigenvalue weighted by molar-refractivity contribution is 5.48. The molecule has 124 valence electrons. The molecule has 8 heteroatoms. The third-order valence-corrected chi connectivity index (χ3v) is 3.90. The van der Waals surface area contributed by atoms with Gasteiger partial charge in [0.25, 0.3) is 0 Å². The Kier molecular flexibility index (Phi) is 4.87. The van der Waals surface area contributed by atoms with E-state index in [0.717, 1.165) is 6.20 Å². The number of nitrogens with zero attached hydrogens (tertiary/aromatic N) is 1. The zero-order valence-electron chi connectivity index (χ0n) is 11.6. The molecule has 0 radical (unpaired) electrons. The lowest BCUT2D eigenvalue weighted by molar-refractivity contribution is -0.185. The van der Waals surface area contributed by atoms with Crippen LogP contribution in [-0.2, 0) is 6.18 Å². The Morgan fingerprint density at radius 2 is 1.86 bits per heavy atom. The first-order valence-corrected chi connectivity index (χ1v) is 7.00. The predicted molar refractivity (Wildman–Crippen MR) is 69.2 cm³/mol. The summed E-state index contributed by atoms with van der Waals surface area (Å²) in [6, 6.07) is 2.59. The van der Waals surface area contributed by atoms with Gasteiger partial charge in [0, 0.05) is 12.7 Å². The van der Waals surface area contributed by atoms with E-state index in [9.17, 15) is 26.3 Å². The SMILES string of the molecule is FC(F)(F)c1ncccc1NCC1CCCC(C(F)(F)F)C1. The van der Waals surface area contributed by atoms with Crippen LogP contribution in [0.25, 0.3) is 0 Å². The van der Waals surface area contributed by atoms with Crippen molar-refractivity contribution in [2.45, 2.75) is 38.0 Å². The number of halogens is 6. The third-order valence-electron chi connectivity index (χ3n) is 3.90. The van der Waals surface area contributed by atoms with Crippen LogP contribution in [0.4, 0.5) is 32.0 Å². The molecule has 1 aromatic rings. The number of hydrogen-bond acceptors (Lipinski definition) is 2. The molecule has 1 heterocycles. The molecule has 0 aliphatic heterocycles. The maximum atomic E-state index is 12.8. The zero-order valence-corrected chi connectivity index (χ0v) is 11.6. The number of aromatic nitrogens is 1. The molecule has 0 amide bonds. The first kappa shape index (κ1) is 16.9. The van der Waals surface area contributed by atoms with Gasteiger partial charge in [-0.2, -0.15) is 26.3 Å². The molecule has 0 saturated heterocycles. The lowest BCUT2D eigenvalue weighted by Gasteiger charge is -2.31. The van der Waals surface area contributed by atoms with Crippen LogP contribution in [-0.4, -0.2) is 17.7 Å². The molecular weight excluding hydrogens is 310 g/mol. The second-order valence-electron chi connectivity index (χ2n) is 5.55. The summed E-state index contributed by atoms with van der Waals surface area (Å²) in [5.74, 6) is -1.65. The van der Waals surface area contributed by atoms with E-state index in [2.05, 4.69) is 10.3 Å². The molecule has 22 heavy (non-hydrogen) atoms. The first-order valence-electron chi connectivity index (χ1n) is 7.00. The van der Waals surface area contributed by atoms with E-state index in [-0.39, 0.29) is 31.0 Å². The van der Waals surface area contributed by atoms with Crippen LogP contribution < -0.4 is 5.32 Å². The summed E-state index contributed by atoms with van der Waals surface area (Å²) in [6.07, 6.45) is -6.71. The van der Waals surface area contributed by atoms with Gasteiger partial charge in [0.15, 0.2) is 5.69 Å². The fourth-order valence-corrected chi connectivity index (χ4v) is 2.80. The highest BCUT2D eigenvalue weighted by Gasteiger charge is 2.42. The minimum atomic E-state index is -4.59. The minimum Gasteiger partial charge on any atom is -0.383 e. The predicted octanol–water partition coefficient (Wildman–Crippen LogP) is 4.88. The zero-order chi connectivity index (χ0) is 16.4. The summed E-state index contributed by atoms with van der Waals surface area (Å²) in [7, 11) is 0. The molecular formula is C14H16F6N2. The number of alkyl halides is 6. The van der Waals surface area contributed by atoms with Crippen LogP contribution in [0.1, 0.15) is 31.4 Å². The van der Waals surface area contributed by atoms with Gasteiger partial charge < -0.3 is 5.32 Å². The van der Waals surface area contributed by atoms with Gasteiger partial charge >= 0.3 is 12.4 Å². The number of rotatable bonds is 3. The molecule has 1 aliphatic carbocycles. The van der Waals surface area contributed by atoms with E-state index in [1.165, 1.54) is 12.1 Å². The summed E-state index contributed by atoms with van der Waals surface area (Å²) in [6.45, 7) is 0.0847. The van der Waals surface area contributed by atoms with Crippen molar-refractivity contribution in [1.29, 1.82) is 0 Å². The molecule has 1 saturated carbocycles. The van der Waals surface area contributed by atoms with Crippen molar-refractivity contribution in [2.24, 2.45) is 11.8 Å². The first-order chi connectivity index (χ1) is 10.2. The molecule has 1 aromatic heterocycles. The molecule has 2 atom stereocenters. The number of nitrogens with one attached hydrogen (secondary N) is 1. The maximum absolute atomic E-state index is 12.8. The molecule has 2 rings (SSSR count). The summed E-state index contributed by atoms with van der Waals surface area (Å²) < 4.78 is 76.5. The van der Waals surface area contributed by atoms with Gasteiger partial charge in [-0.25, -0.2) is 4.98 Å². The smallest absolute Gasteiger partial charge is 0.383 e. The number of hydrogen-bond donors (Lipinski definition) is 1. The van der Waals surface area contributed by atoms with Crippen LogP contribution in [0.3, 0.4) is 0 Å². The second-order valence-corrected chi connectivity index (χ2v) is 5.55. The highest BCUT2D eigenvalue weighted by atomic mass is 19.4. The van der Waals surface area contributed by atoms with Crippen molar-refractivity contribution < 1.29 is 26.3 Å². The van der Waals surface area contributed by atoms with Gasteiger partial charge in [0.1, 0.15) is 0 Å². The van der Waals surface area contributed by atoms with Crippen molar-refractivity contribution in [3.8, 4) is 0 Å². The largest absolute Gasteiger partial charge is 0.435 e. The lowest BCUT2D eigenvalue weighted by atomic mass is 9.81. The van der Waals surface area contributed by atoms with E-state index in [1.807, 2.05) is 0 Å². The Balaban J connectivity index is 1.99. The van der Waals surface area contributed by atoms with Crippen LogP contribution in [0.2, 0.25) is 0 Å². The fraction of sp³-hybridized carbons (Fsp3) is 0.643. The third kappa shape index (κ3) is 4.27. The van der Waals surface area contributed by atoms with Crippen molar-refractivity contribution in [1.82, 2.24) is 4.98 Å². The van der Waals surface area contributed by atoms with Gasteiger partial charge in [-0.05, 0) is 37.3 Å². The Hall–Kier alpha value is -1.47. The molecule has 0 bridgehead atoms. The molecule has 0 spiro atoms. The summed E-state index contributed by atoms with van der Waals surface area (Å²) in [5, 5.41) is 2.61. The number of anilines is 1. The second kappa shape index (κ2) is 6.34. The minimum absolute atomic E-state index is 0.0435. The maximum Gasteiger partial charge on any atom is 0.435 e. The van der Waals surface area contributed by atoms with Crippen LogP contribution in [0.5, 0.6) is 0 Å². The molecule has 1 fully saturated rings. The fourth-order valence-electron chi connectivity index (χ4n) is 2.80. The summed E-state index contributed by atoms with van der Waals surface area (Å²) in [5.41, 5.74) is -1.23. The van der Waals surface area contributed by atoms with Crippen LogP contribution in [0.15, 0.2) is 18.3 Å². The normalized spacial score (nSPS) is 23.4. The Bertz CT molecular complexity index is 497. The van der Waals surface area contributed by atoms with E-state index >= 15 is 0 Å². The summed E-state index contributed by atoms with van der Waals surface area (Å²) >= 11 is 0. The summed E-state index contributed by atoms with van der Waals surface area (Å²) in [4.78, 5) is 3.30. The molecule has 0 aromatic carbocycles. The monoisotopic (exact) mass is 326 g/mol. The lowest BCUT2D eigenvalue weighted by Crippen LogP contribution is -2.31. The Labute approximate surface area is 123 Å². The molecule has 2 unspecified atom stereocenters. The van der Waals surface area contributed by atoms with Gasteiger partial charge in [-0.3, -0.25) is 0 Å². The van der Waals surface area contributed by atoms with Gasteiger partial charge in [0.05, 0.1) is 11.6 Å². The van der Waals surface area contributed by atoms with Crippen molar-refractivity contribution >= 4 is 5.69 Å². The molecule has 1 aliphatic rings. The van der Waals surface area contributed by atoms with Crippen LogP contribution in [0, 0.1) is 11.8 Å². The van der Waals surface area contributed by atoms with Crippen LogP contribution >= 0.6 is 0 Å². The topological polar surface area (TPSA) is 24.9 Å². The van der Waals surface area contributed by atoms with E-state index in [0.29, 0.717) is 12.8 Å². The standard InChI is InChI=1S/C14H16F6N2/c15-13(16,17)10-4-1-3-9(7-10)8-22-11-5-2-6-21-12(11)14(18,19)20/h2,5-6,9-10,22H,1,3-4,7-8H2. The average molecular weight is 326 g/mol. The quantitative estimate of drug-likeness (QED) is 0.801. The van der Waals surface area contributed by atoms with Gasteiger partial charge in [-0.15, -0.1) is 0 Å². The van der Waals surface area contributed by atoms with Crippen molar-refractivity contribution in [3.05, 3.63) is 24.0 Å². The Morgan fingerprint density at radius 1 is 1.14 bits per heavy atom. The van der Waals surface area contributed by atoms with Gasteiger partial charge in [-0.1, -0.05) is 6.42 Å². The van der Waals surface area contributed by atoms with E-state index in [4.69, 9.17) is 0 Å². The Morgan fingerprint density at radius 3 is 2.50 bits per heavy atom. The molecule has 2 nitrogen and oxygen atoms in total. The van der Waals surface area contributed by atoms with Crippen molar-refractivity contribution in [2.75, 3.05) is 11.9 Å².